The maximum Gasteiger partial charge on any atom is 0.216 e. The Hall–Kier alpha value is -1.63. The molecule has 1 N–H and O–H groups in total. The zero-order valence-corrected chi connectivity index (χ0v) is 13.2. The summed E-state index contributed by atoms with van der Waals surface area (Å²) in [6.45, 7) is 5.98. The Morgan fingerprint density at radius 1 is 1.29 bits per heavy atom. The minimum atomic E-state index is -0.489. The van der Waals surface area contributed by atoms with Gasteiger partial charge in [0.1, 0.15) is 12.5 Å². The molecule has 0 fully saturated rings. The van der Waals surface area contributed by atoms with Crippen molar-refractivity contribution >= 4 is 18.2 Å². The van der Waals surface area contributed by atoms with Crippen molar-refractivity contribution in [1.29, 1.82) is 0 Å². The second kappa shape index (κ2) is 7.40. The molecule has 21 heavy (non-hydrogen) atoms. The number of alkyl halides is 1. The van der Waals surface area contributed by atoms with Gasteiger partial charge in [0.05, 0.1) is 18.4 Å². The summed E-state index contributed by atoms with van der Waals surface area (Å²) in [5.74, 6) is 0.386. The fraction of sp³-hybridized carbons (Fsp3) is 0.538. The van der Waals surface area contributed by atoms with Crippen molar-refractivity contribution < 1.29 is 8.78 Å². The predicted octanol–water partition coefficient (Wildman–Crippen LogP) is 2.86. The van der Waals surface area contributed by atoms with E-state index < -0.39 is 6.67 Å². The second-order valence-electron chi connectivity index (χ2n) is 4.61. The third kappa shape index (κ3) is 3.53. The molecule has 2 heterocycles. The Labute approximate surface area is 128 Å². The lowest BCUT2D eigenvalue weighted by Gasteiger charge is -2.09. The van der Waals surface area contributed by atoms with Gasteiger partial charge in [0.2, 0.25) is 5.95 Å². The molecular formula is C13H20ClF2N5. The molecule has 2 aromatic rings. The molecule has 118 valence electrons. The molecule has 0 saturated heterocycles. The first kappa shape index (κ1) is 17.4. The molecule has 2 aromatic heterocycles. The van der Waals surface area contributed by atoms with Gasteiger partial charge in [-0.05, 0) is 20.8 Å². The summed E-state index contributed by atoms with van der Waals surface area (Å²) in [5.41, 5.74) is 2.09. The molecule has 0 bridgehead atoms. The van der Waals surface area contributed by atoms with Crippen LogP contribution in [0.15, 0.2) is 6.20 Å². The molecule has 8 heteroatoms. The zero-order valence-electron chi connectivity index (χ0n) is 12.4. The maximum absolute atomic E-state index is 14.0. The lowest BCUT2D eigenvalue weighted by atomic mass is 10.2. The number of hydrogen-bond acceptors (Lipinski definition) is 3. The number of halogens is 3. The lowest BCUT2D eigenvalue weighted by molar-refractivity contribution is 0.429. The third-order valence-electron chi connectivity index (χ3n) is 3.23. The van der Waals surface area contributed by atoms with Crippen molar-refractivity contribution in [2.45, 2.75) is 40.4 Å². The van der Waals surface area contributed by atoms with E-state index in [1.54, 1.807) is 17.8 Å². The van der Waals surface area contributed by atoms with Gasteiger partial charge in [-0.1, -0.05) is 0 Å². The van der Waals surface area contributed by atoms with E-state index in [1.807, 2.05) is 13.8 Å². The monoisotopic (exact) mass is 319 g/mol. The molecule has 0 amide bonds. The summed E-state index contributed by atoms with van der Waals surface area (Å²) in [7, 11) is 0. The quantitative estimate of drug-likeness (QED) is 0.890. The van der Waals surface area contributed by atoms with Crippen molar-refractivity contribution in [2.24, 2.45) is 0 Å². The van der Waals surface area contributed by atoms with E-state index in [0.29, 0.717) is 30.2 Å². The van der Waals surface area contributed by atoms with Crippen LogP contribution in [0.4, 0.5) is 14.6 Å². The van der Waals surface area contributed by atoms with Crippen LogP contribution in [-0.2, 0) is 19.6 Å². The highest BCUT2D eigenvalue weighted by atomic mass is 35.5. The summed E-state index contributed by atoms with van der Waals surface area (Å²) in [5, 5.41) is 11.3. The second-order valence-corrected chi connectivity index (χ2v) is 4.61. The Morgan fingerprint density at radius 3 is 2.57 bits per heavy atom. The Kier molecular flexibility index (Phi) is 6.14. The number of hydrogen-bond donors (Lipinski definition) is 1. The molecule has 0 radical (unpaired) electrons. The Bertz CT molecular complexity index is 594. The van der Waals surface area contributed by atoms with Crippen LogP contribution >= 0.6 is 12.4 Å². The van der Waals surface area contributed by atoms with Crippen molar-refractivity contribution in [2.75, 3.05) is 12.0 Å². The first-order valence-electron chi connectivity index (χ1n) is 6.62. The van der Waals surface area contributed by atoms with Crippen LogP contribution in [0.1, 0.15) is 23.7 Å². The summed E-state index contributed by atoms with van der Waals surface area (Å²) in [4.78, 5) is 0. The summed E-state index contributed by atoms with van der Waals surface area (Å²) in [6, 6.07) is 0. The molecule has 0 atom stereocenters. The molecule has 0 aliphatic carbocycles. The third-order valence-corrected chi connectivity index (χ3v) is 3.23. The maximum atomic E-state index is 14.0. The highest BCUT2D eigenvalue weighted by Crippen LogP contribution is 2.18. The van der Waals surface area contributed by atoms with Crippen molar-refractivity contribution in [3.8, 4) is 0 Å². The minimum Gasteiger partial charge on any atom is -0.366 e. The van der Waals surface area contributed by atoms with Crippen LogP contribution in [0.5, 0.6) is 0 Å². The first-order valence-corrected chi connectivity index (χ1v) is 6.62. The number of aryl methyl sites for hydroxylation is 4. The van der Waals surface area contributed by atoms with E-state index >= 15 is 0 Å². The molecule has 0 aliphatic heterocycles. The minimum absolute atomic E-state index is 0. The lowest BCUT2D eigenvalue weighted by Crippen LogP contribution is -2.11. The average Bonchev–Trinajstić information content (AvgIpc) is 2.90. The number of aromatic nitrogens is 4. The molecule has 0 saturated carbocycles. The van der Waals surface area contributed by atoms with E-state index in [2.05, 4.69) is 15.5 Å². The number of nitrogens with one attached hydrogen (secondary N) is 1. The van der Waals surface area contributed by atoms with E-state index in [9.17, 15) is 8.78 Å². The van der Waals surface area contributed by atoms with Gasteiger partial charge in [-0.15, -0.1) is 12.4 Å². The zero-order chi connectivity index (χ0) is 14.7. The van der Waals surface area contributed by atoms with E-state index in [1.165, 1.54) is 4.68 Å². The smallest absolute Gasteiger partial charge is 0.216 e. The number of rotatable bonds is 6. The SMILES string of the molecule is CCn1nc(C)c(CNc2c(C)cnn2CCF)c1F.Cl. The summed E-state index contributed by atoms with van der Waals surface area (Å²) < 4.78 is 29.4. The van der Waals surface area contributed by atoms with Crippen LogP contribution in [0, 0.1) is 19.8 Å². The van der Waals surface area contributed by atoms with Gasteiger partial charge in [0.25, 0.3) is 0 Å². The standard InChI is InChI=1S/C13H19F2N5.ClH/c1-4-19-12(15)11(10(3)18-19)8-16-13-9(2)7-17-20(13)6-5-14;/h7,16H,4-6,8H2,1-3H3;1H. The Morgan fingerprint density at radius 2 is 2.00 bits per heavy atom. The molecule has 0 unspecified atom stereocenters. The summed E-state index contributed by atoms with van der Waals surface area (Å²) in [6.07, 6.45) is 1.66. The molecule has 0 spiro atoms. The molecule has 5 nitrogen and oxygen atoms in total. The van der Waals surface area contributed by atoms with Crippen LogP contribution in [0.3, 0.4) is 0 Å². The molecule has 0 aliphatic rings. The van der Waals surface area contributed by atoms with Gasteiger partial charge < -0.3 is 5.32 Å². The molecule has 2 rings (SSSR count). The van der Waals surface area contributed by atoms with Gasteiger partial charge in [-0.25, -0.2) is 13.8 Å². The van der Waals surface area contributed by atoms with Crippen molar-refractivity contribution in [3.63, 3.8) is 0 Å². The van der Waals surface area contributed by atoms with Crippen LogP contribution in [0.2, 0.25) is 0 Å². The van der Waals surface area contributed by atoms with Gasteiger partial charge in [0.15, 0.2) is 0 Å². The van der Waals surface area contributed by atoms with E-state index in [0.717, 1.165) is 5.56 Å². The average molecular weight is 320 g/mol. The van der Waals surface area contributed by atoms with E-state index in [4.69, 9.17) is 0 Å². The summed E-state index contributed by atoms with van der Waals surface area (Å²) >= 11 is 0. The van der Waals surface area contributed by atoms with Gasteiger partial charge >= 0.3 is 0 Å². The molecular weight excluding hydrogens is 300 g/mol. The van der Waals surface area contributed by atoms with Crippen LogP contribution in [0.25, 0.3) is 0 Å². The number of nitrogens with zero attached hydrogens (tertiary/aromatic N) is 4. The largest absolute Gasteiger partial charge is 0.366 e. The van der Waals surface area contributed by atoms with Crippen LogP contribution in [-0.4, -0.2) is 26.2 Å². The van der Waals surface area contributed by atoms with Crippen molar-refractivity contribution in [3.05, 3.63) is 29.0 Å². The van der Waals surface area contributed by atoms with E-state index in [-0.39, 0.29) is 24.9 Å². The topological polar surface area (TPSA) is 47.7 Å². The fourth-order valence-electron chi connectivity index (χ4n) is 2.13. The van der Waals surface area contributed by atoms with Gasteiger partial charge in [0, 0.05) is 24.2 Å². The molecule has 0 aromatic carbocycles. The highest BCUT2D eigenvalue weighted by molar-refractivity contribution is 5.85. The highest BCUT2D eigenvalue weighted by Gasteiger charge is 2.15. The predicted molar refractivity (Wildman–Crippen MR) is 80.1 cm³/mol. The van der Waals surface area contributed by atoms with Crippen LogP contribution < -0.4 is 5.32 Å². The van der Waals surface area contributed by atoms with Gasteiger partial charge in [-0.3, -0.25) is 0 Å². The number of anilines is 1. The normalized spacial score (nSPS) is 10.5. The first-order chi connectivity index (χ1) is 9.58. The van der Waals surface area contributed by atoms with Gasteiger partial charge in [-0.2, -0.15) is 14.6 Å². The fourth-order valence-corrected chi connectivity index (χ4v) is 2.13. The Balaban J connectivity index is 0.00000220. The van der Waals surface area contributed by atoms with Crippen molar-refractivity contribution in [1.82, 2.24) is 19.6 Å².